The maximum absolute atomic E-state index is 6.20. The summed E-state index contributed by atoms with van der Waals surface area (Å²) in [4.78, 5) is 20.2. The smallest absolute Gasteiger partial charge is 0.119 e. The van der Waals surface area contributed by atoms with E-state index in [0.717, 1.165) is 96.0 Å². The summed E-state index contributed by atoms with van der Waals surface area (Å²) >= 11 is -1.87. The van der Waals surface area contributed by atoms with Crippen molar-refractivity contribution in [1.82, 2.24) is 24.5 Å². The molecule has 10 rings (SSSR count). The Labute approximate surface area is 424 Å². The van der Waals surface area contributed by atoms with Crippen LogP contribution < -0.4 is 4.40 Å². The van der Waals surface area contributed by atoms with Crippen LogP contribution in [0.15, 0.2) is 144 Å². The number of furan rings is 1. The molecule has 8 heteroatoms. The number of hydrogen-bond acceptors (Lipinski definition) is 5. The van der Waals surface area contributed by atoms with Crippen LogP contribution in [0.2, 0.25) is 17.3 Å². The van der Waals surface area contributed by atoms with Gasteiger partial charge in [-0.25, -0.2) is 0 Å². The Hall–Kier alpha value is -5.99. The molecule has 10 aromatic rings. The minimum absolute atomic E-state index is 0. The van der Waals surface area contributed by atoms with Gasteiger partial charge in [-0.05, 0) is 78.4 Å². The average molecular weight is 1150 g/mol. The first-order valence-electron chi connectivity index (χ1n) is 23.9. The van der Waals surface area contributed by atoms with Crippen molar-refractivity contribution in [3.63, 3.8) is 0 Å². The third-order valence-corrected chi connectivity index (χ3v) is 17.4. The minimum atomic E-state index is -1.87. The fraction of sp³-hybridized carbons (Fsp3) is 0.246. The van der Waals surface area contributed by atoms with Gasteiger partial charge in [-0.2, -0.15) is 0 Å². The van der Waals surface area contributed by atoms with Crippen molar-refractivity contribution in [2.75, 3.05) is 0 Å². The number of aromatic nitrogens is 5. The average Bonchev–Trinajstić information content (AvgIpc) is 3.90. The van der Waals surface area contributed by atoms with Crippen molar-refractivity contribution in [2.45, 2.75) is 90.9 Å². The van der Waals surface area contributed by atoms with E-state index in [4.69, 9.17) is 24.4 Å². The quantitative estimate of drug-likeness (QED) is 0.106. The number of rotatable bonds is 9. The molecule has 0 saturated heterocycles. The summed E-state index contributed by atoms with van der Waals surface area (Å²) in [7, 11) is 0. The van der Waals surface area contributed by atoms with Gasteiger partial charge in [0.15, 0.2) is 0 Å². The monoisotopic (exact) mass is 1150 g/mol. The number of imidazole rings is 1. The van der Waals surface area contributed by atoms with Gasteiger partial charge in [0.05, 0.1) is 39.3 Å². The number of aryl methyl sites for hydroxylation is 3. The van der Waals surface area contributed by atoms with Crippen molar-refractivity contribution < 1.29 is 24.5 Å². The van der Waals surface area contributed by atoms with Gasteiger partial charge in [0.25, 0.3) is 0 Å². The molecule has 0 aliphatic heterocycles. The Bertz CT molecular complexity index is 3360. The zero-order valence-electron chi connectivity index (χ0n) is 41.7. The number of benzene rings is 5. The summed E-state index contributed by atoms with van der Waals surface area (Å²) < 4.78 is 10.0. The van der Waals surface area contributed by atoms with Crippen molar-refractivity contribution in [3.8, 4) is 50.7 Å². The van der Waals surface area contributed by atoms with Crippen LogP contribution in [0.25, 0.3) is 83.8 Å². The molecule has 69 heavy (non-hydrogen) atoms. The summed E-state index contributed by atoms with van der Waals surface area (Å²) in [5, 5.41) is 1.01. The third-order valence-electron chi connectivity index (χ3n) is 13.1. The molecule has 0 bridgehead atoms. The molecular formula is C61H61GeIrN5O-2. The van der Waals surface area contributed by atoms with Crippen molar-refractivity contribution in [1.29, 1.82) is 0 Å². The van der Waals surface area contributed by atoms with Crippen LogP contribution in [-0.2, 0) is 31.9 Å². The van der Waals surface area contributed by atoms with Gasteiger partial charge < -0.3 is 8.98 Å². The molecule has 351 valence electrons. The molecule has 0 amide bonds. The van der Waals surface area contributed by atoms with Crippen molar-refractivity contribution >= 4 is 50.8 Å². The third kappa shape index (κ3) is 10.2. The van der Waals surface area contributed by atoms with E-state index in [2.05, 4.69) is 192 Å². The van der Waals surface area contributed by atoms with E-state index in [1.165, 1.54) is 17.5 Å². The van der Waals surface area contributed by atoms with Gasteiger partial charge in [-0.15, -0.1) is 12.1 Å². The molecule has 0 spiro atoms. The molecule has 1 radical (unpaired) electrons. The summed E-state index contributed by atoms with van der Waals surface area (Å²) in [5.41, 5.74) is 18.1. The maximum atomic E-state index is 6.20. The van der Waals surface area contributed by atoms with Gasteiger partial charge in [-0.1, -0.05) is 93.6 Å². The van der Waals surface area contributed by atoms with E-state index in [9.17, 15) is 0 Å². The predicted octanol–water partition coefficient (Wildman–Crippen LogP) is 15.4. The Morgan fingerprint density at radius 1 is 0.739 bits per heavy atom. The molecule has 5 aromatic heterocycles. The summed E-state index contributed by atoms with van der Waals surface area (Å²) in [6.45, 7) is 17.6. The number of hydrogen-bond donors (Lipinski definition) is 0. The van der Waals surface area contributed by atoms with Crippen molar-refractivity contribution in [2.24, 2.45) is 5.92 Å². The second-order valence-corrected chi connectivity index (χ2v) is 30.9. The Balaban J connectivity index is 0.000000246. The van der Waals surface area contributed by atoms with Crippen molar-refractivity contribution in [3.05, 3.63) is 180 Å². The number of pyridine rings is 3. The summed E-state index contributed by atoms with van der Waals surface area (Å²) in [5.74, 6) is 8.78. The fourth-order valence-electron chi connectivity index (χ4n) is 9.28. The van der Waals surface area contributed by atoms with Crippen LogP contribution >= 0.6 is 0 Å². The zero-order valence-corrected chi connectivity index (χ0v) is 46.2. The summed E-state index contributed by atoms with van der Waals surface area (Å²) in [6.07, 6.45) is 4.54. The topological polar surface area (TPSA) is 69.6 Å². The number of fused-ring (bicyclic) bond motifs is 4. The molecule has 6 nitrogen and oxygen atoms in total. The second kappa shape index (κ2) is 20.2. The van der Waals surface area contributed by atoms with Crippen LogP contribution in [0.1, 0.15) is 69.1 Å². The van der Waals surface area contributed by atoms with Gasteiger partial charge in [0, 0.05) is 42.3 Å². The predicted molar refractivity (Wildman–Crippen MR) is 287 cm³/mol. The van der Waals surface area contributed by atoms with E-state index in [-0.39, 0.29) is 25.5 Å². The van der Waals surface area contributed by atoms with Crippen LogP contribution in [0, 0.1) is 38.8 Å². The van der Waals surface area contributed by atoms with Crippen LogP contribution in [-0.4, -0.2) is 37.8 Å². The second-order valence-electron chi connectivity index (χ2n) is 20.4. The first kappa shape index (κ1) is 49.4. The zero-order chi connectivity index (χ0) is 47.9. The van der Waals surface area contributed by atoms with E-state index < -0.39 is 13.3 Å². The van der Waals surface area contributed by atoms with Gasteiger partial charge in [0.1, 0.15) is 5.58 Å². The molecule has 5 heterocycles. The normalized spacial score (nSPS) is 12.2. The molecule has 0 N–H and O–H groups in total. The van der Waals surface area contributed by atoms with Gasteiger partial charge in [0.2, 0.25) is 0 Å². The first-order chi connectivity index (χ1) is 32.6. The van der Waals surface area contributed by atoms with E-state index in [0.29, 0.717) is 17.1 Å². The first-order valence-corrected chi connectivity index (χ1v) is 31.3. The van der Waals surface area contributed by atoms with Crippen LogP contribution in [0.4, 0.5) is 0 Å². The molecule has 0 fully saturated rings. The van der Waals surface area contributed by atoms with Gasteiger partial charge >= 0.3 is 132 Å². The maximum Gasteiger partial charge on any atom is 0.119 e. The molecule has 5 aromatic carbocycles. The Kier molecular flexibility index (Phi) is 14.4. The molecule has 1 unspecified atom stereocenters. The SMILES string of the molecule is CCC(C)Cc1cc(-c2[c-]cccc2)nc[c]1[Ge]([CH3])([CH3])[CH3].Cc1cc2nc(-c3[c-]cc4oc5cccc(C)c5c4n3)n(-c3c(-c4ccccc4)cc(C(C)(C)C)cc3-c3ccccc3)c2c(C)n1.[Ir]. The summed E-state index contributed by atoms with van der Waals surface area (Å²) in [6, 6.07) is 53.2. The standard InChI is InChI=1S/C42H35N4O.C19H26GeN.Ir/c1-25-14-13-19-35-37(25)38-36(47-35)21-20-33(44-38)41-45-34-22-26(2)43-27(3)39(34)46(41)40-31(28-15-9-7-10-16-28)23-30(42(4,5)6)24-32(40)29-17-11-8-12-18-29;1-6-15(2)12-17-13-19(16-10-8-7-9-11-16)21-14-18(17)20(3,4)5;/h7-19,21-24H,1-6H3;7-10,13-15H,6,12H2,1-5H3;/q2*-1;. The molecule has 0 saturated carbocycles. The minimum Gasteiger partial charge on any atom is -0.513 e. The van der Waals surface area contributed by atoms with Gasteiger partial charge in [-0.3, -0.25) is 15.0 Å². The van der Waals surface area contributed by atoms with E-state index in [1.807, 2.05) is 37.3 Å². The Morgan fingerprint density at radius 2 is 1.41 bits per heavy atom. The van der Waals surface area contributed by atoms with E-state index >= 15 is 0 Å². The fourth-order valence-corrected chi connectivity index (χ4v) is 12.6. The van der Waals surface area contributed by atoms with Crippen LogP contribution in [0.3, 0.4) is 0 Å². The van der Waals surface area contributed by atoms with Crippen LogP contribution in [0.5, 0.6) is 0 Å². The molecule has 0 aliphatic carbocycles. The molecular weight excluding hydrogens is 1080 g/mol. The Morgan fingerprint density at radius 3 is 2.01 bits per heavy atom. The largest absolute Gasteiger partial charge is 0.513 e. The molecule has 0 aliphatic rings. The molecule has 1 atom stereocenters. The van der Waals surface area contributed by atoms with E-state index in [1.54, 1.807) is 4.40 Å². The number of nitrogens with zero attached hydrogens (tertiary/aromatic N) is 5.